The summed E-state index contributed by atoms with van der Waals surface area (Å²) in [6, 6.07) is 4.10. The van der Waals surface area contributed by atoms with Crippen molar-refractivity contribution in [2.75, 3.05) is 6.54 Å². The fourth-order valence-corrected chi connectivity index (χ4v) is 4.86. The average molecular weight is 388 g/mol. The van der Waals surface area contributed by atoms with Gasteiger partial charge in [0.25, 0.3) is 0 Å². The number of sulfonamides is 1. The van der Waals surface area contributed by atoms with Crippen molar-refractivity contribution in [3.63, 3.8) is 0 Å². The molecule has 2 heterocycles. The Morgan fingerprint density at radius 2 is 2.27 bits per heavy atom. The first kappa shape index (κ1) is 15.6. The Bertz CT molecular complexity index is 771. The highest BCUT2D eigenvalue weighted by Gasteiger charge is 2.25. The fourth-order valence-electron chi connectivity index (χ4n) is 2.63. The van der Waals surface area contributed by atoms with Crippen LogP contribution in [0.4, 0.5) is 4.39 Å². The maximum absolute atomic E-state index is 13.8. The lowest BCUT2D eigenvalue weighted by molar-refractivity contribution is 0.379. The smallest absolute Gasteiger partial charge is 0.244 e. The molecule has 0 spiro atoms. The average Bonchev–Trinajstić information content (AvgIpc) is 2.92. The van der Waals surface area contributed by atoms with Gasteiger partial charge >= 0.3 is 0 Å². The summed E-state index contributed by atoms with van der Waals surface area (Å²) in [6.07, 6.45) is 5.25. The number of aryl methyl sites for hydroxylation is 1. The maximum Gasteiger partial charge on any atom is 0.244 e. The highest BCUT2D eigenvalue weighted by Crippen LogP contribution is 2.25. The third-order valence-electron chi connectivity index (χ3n) is 3.80. The molecule has 0 unspecified atom stereocenters. The van der Waals surface area contributed by atoms with E-state index in [0.29, 0.717) is 6.42 Å². The van der Waals surface area contributed by atoms with Gasteiger partial charge in [-0.25, -0.2) is 22.5 Å². The molecule has 1 aliphatic rings. The maximum atomic E-state index is 13.8. The Morgan fingerprint density at radius 3 is 3.05 bits per heavy atom. The van der Waals surface area contributed by atoms with E-state index in [4.69, 9.17) is 0 Å². The minimum absolute atomic E-state index is 0.162. The van der Waals surface area contributed by atoms with Gasteiger partial charge in [-0.15, -0.1) is 0 Å². The highest BCUT2D eigenvalue weighted by molar-refractivity contribution is 9.10. The Balaban J connectivity index is 1.71. The molecule has 1 aliphatic heterocycles. The number of fused-ring (bicyclic) bond motifs is 1. The van der Waals surface area contributed by atoms with Gasteiger partial charge in [0.05, 0.1) is 0 Å². The van der Waals surface area contributed by atoms with Crippen molar-refractivity contribution in [2.24, 2.45) is 5.92 Å². The molecular formula is C14H15BrFN3O2S. The van der Waals surface area contributed by atoms with Crippen LogP contribution in [0.15, 0.2) is 40.0 Å². The van der Waals surface area contributed by atoms with Crippen molar-refractivity contribution >= 4 is 26.0 Å². The van der Waals surface area contributed by atoms with Gasteiger partial charge < -0.3 is 4.57 Å². The predicted molar refractivity (Wildman–Crippen MR) is 83.3 cm³/mol. The van der Waals surface area contributed by atoms with E-state index >= 15 is 0 Å². The summed E-state index contributed by atoms with van der Waals surface area (Å²) in [6.45, 7) is 1.10. The third-order valence-corrected chi connectivity index (χ3v) is 6.22. The largest absolute Gasteiger partial charge is 0.335 e. The molecule has 5 nitrogen and oxygen atoms in total. The molecule has 0 radical (unpaired) electrons. The second-order valence-electron chi connectivity index (χ2n) is 5.30. The van der Waals surface area contributed by atoms with Crippen molar-refractivity contribution in [3.8, 4) is 0 Å². The molecule has 0 aliphatic carbocycles. The van der Waals surface area contributed by atoms with E-state index in [2.05, 4.69) is 30.2 Å². The summed E-state index contributed by atoms with van der Waals surface area (Å²) in [5.41, 5.74) is 0. The molecule has 118 valence electrons. The molecule has 1 aromatic carbocycles. The zero-order valence-corrected chi connectivity index (χ0v) is 14.1. The van der Waals surface area contributed by atoms with Gasteiger partial charge in [0.2, 0.25) is 10.0 Å². The molecule has 0 fully saturated rings. The van der Waals surface area contributed by atoms with Crippen LogP contribution in [0.1, 0.15) is 12.2 Å². The van der Waals surface area contributed by atoms with Gasteiger partial charge in [-0.1, -0.05) is 6.07 Å². The van der Waals surface area contributed by atoms with Gasteiger partial charge in [0, 0.05) is 36.4 Å². The predicted octanol–water partition coefficient (Wildman–Crippen LogP) is 2.33. The van der Waals surface area contributed by atoms with Crippen LogP contribution in [-0.2, 0) is 23.0 Å². The zero-order chi connectivity index (χ0) is 15.7. The Morgan fingerprint density at radius 1 is 1.45 bits per heavy atom. The third kappa shape index (κ3) is 3.09. The number of benzene rings is 1. The van der Waals surface area contributed by atoms with Crippen LogP contribution in [0.2, 0.25) is 0 Å². The molecular weight excluding hydrogens is 373 g/mol. The van der Waals surface area contributed by atoms with Gasteiger partial charge in [-0.3, -0.25) is 0 Å². The lowest BCUT2D eigenvalue weighted by Gasteiger charge is -2.23. The molecule has 8 heteroatoms. The lowest BCUT2D eigenvalue weighted by atomic mass is 9.98. The van der Waals surface area contributed by atoms with Crippen LogP contribution >= 0.6 is 15.9 Å². The van der Waals surface area contributed by atoms with Gasteiger partial charge in [0.1, 0.15) is 16.5 Å². The minimum Gasteiger partial charge on any atom is -0.335 e. The van der Waals surface area contributed by atoms with Gasteiger partial charge in [-0.05, 0) is 40.4 Å². The van der Waals surface area contributed by atoms with Crippen molar-refractivity contribution < 1.29 is 12.8 Å². The number of halogens is 2. The summed E-state index contributed by atoms with van der Waals surface area (Å²) in [5.74, 6) is 0.360. The second-order valence-corrected chi connectivity index (χ2v) is 7.86. The highest BCUT2D eigenvalue weighted by atomic mass is 79.9. The normalized spacial score (nSPS) is 18.2. The molecule has 22 heavy (non-hydrogen) atoms. The fraction of sp³-hybridized carbons (Fsp3) is 0.357. The van der Waals surface area contributed by atoms with E-state index in [0.717, 1.165) is 24.9 Å². The number of rotatable bonds is 4. The van der Waals surface area contributed by atoms with Crippen LogP contribution in [0, 0.1) is 11.7 Å². The van der Waals surface area contributed by atoms with E-state index in [1.54, 1.807) is 6.20 Å². The van der Waals surface area contributed by atoms with Crippen molar-refractivity contribution in [1.82, 2.24) is 14.3 Å². The summed E-state index contributed by atoms with van der Waals surface area (Å²) < 4.78 is 43.2. The first-order valence-corrected chi connectivity index (χ1v) is 9.18. The standard InChI is InChI=1S/C14H15BrFN3O2S/c15-11-2-1-3-12(16)14(11)22(20,21)18-9-10-4-6-19-7-5-17-13(19)8-10/h1-3,5,7,10,18H,4,6,8-9H2/t10-/m0/s1. The lowest BCUT2D eigenvalue weighted by Crippen LogP contribution is -2.33. The van der Waals surface area contributed by atoms with Crippen molar-refractivity contribution in [2.45, 2.75) is 24.3 Å². The van der Waals surface area contributed by atoms with Crippen LogP contribution in [-0.4, -0.2) is 24.5 Å². The molecule has 1 aromatic heterocycles. The Hall–Kier alpha value is -1.25. The van der Waals surface area contributed by atoms with E-state index in [1.807, 2.05) is 6.20 Å². The van der Waals surface area contributed by atoms with Crippen molar-refractivity contribution in [1.29, 1.82) is 0 Å². The Labute approximate surface area is 136 Å². The van der Waals surface area contributed by atoms with E-state index in [1.165, 1.54) is 12.1 Å². The minimum atomic E-state index is -3.88. The van der Waals surface area contributed by atoms with Crippen LogP contribution in [0.3, 0.4) is 0 Å². The van der Waals surface area contributed by atoms with Crippen LogP contribution in [0.25, 0.3) is 0 Å². The topological polar surface area (TPSA) is 64.0 Å². The van der Waals surface area contributed by atoms with E-state index in [-0.39, 0.29) is 21.8 Å². The number of imidazole rings is 1. The quantitative estimate of drug-likeness (QED) is 0.875. The zero-order valence-electron chi connectivity index (χ0n) is 11.7. The number of hydrogen-bond acceptors (Lipinski definition) is 3. The van der Waals surface area contributed by atoms with Gasteiger partial charge in [-0.2, -0.15) is 0 Å². The molecule has 0 amide bonds. The SMILES string of the molecule is O=S(=O)(NC[C@H]1CCn2ccnc2C1)c1c(F)cccc1Br. The molecule has 0 saturated carbocycles. The van der Waals surface area contributed by atoms with Crippen molar-refractivity contribution in [3.05, 3.63) is 46.7 Å². The number of nitrogens with one attached hydrogen (secondary N) is 1. The first-order valence-electron chi connectivity index (χ1n) is 6.91. The van der Waals surface area contributed by atoms with E-state index in [9.17, 15) is 12.8 Å². The molecule has 0 saturated heterocycles. The number of hydrogen-bond donors (Lipinski definition) is 1. The molecule has 0 bridgehead atoms. The summed E-state index contributed by atoms with van der Waals surface area (Å²) in [7, 11) is -3.88. The monoisotopic (exact) mass is 387 g/mol. The molecule has 1 N–H and O–H groups in total. The van der Waals surface area contributed by atoms with Crippen LogP contribution < -0.4 is 4.72 Å². The summed E-state index contributed by atoms with van der Waals surface area (Å²) >= 11 is 3.09. The second kappa shape index (κ2) is 6.10. The molecule has 2 aromatic rings. The first-order chi connectivity index (χ1) is 10.5. The Kier molecular flexibility index (Phi) is 4.33. The van der Waals surface area contributed by atoms with E-state index < -0.39 is 15.8 Å². The van der Waals surface area contributed by atoms with Crippen LogP contribution in [0.5, 0.6) is 0 Å². The number of aromatic nitrogens is 2. The molecule has 3 rings (SSSR count). The molecule has 1 atom stereocenters. The summed E-state index contributed by atoms with van der Waals surface area (Å²) in [5, 5.41) is 0. The summed E-state index contributed by atoms with van der Waals surface area (Å²) in [4.78, 5) is 3.92. The van der Waals surface area contributed by atoms with Gasteiger partial charge in [0.15, 0.2) is 0 Å². The number of nitrogens with zero attached hydrogens (tertiary/aromatic N) is 2.